The number of aliphatic hydroxyl groups is 2. The number of aliphatic hydroxyl groups excluding tert-OH is 2. The Balaban J connectivity index is 7.29. The van der Waals surface area contributed by atoms with E-state index in [9.17, 15) is 50.5 Å². The van der Waals surface area contributed by atoms with Crippen LogP contribution in [-0.4, -0.2) is 99.0 Å². The predicted octanol–water partition coefficient (Wildman–Crippen LogP) is -5.43. The summed E-state index contributed by atoms with van der Waals surface area (Å²) in [6.45, 7) is 0. The molecule has 0 aromatic rings. The molecule has 0 amide bonds. The quantitative estimate of drug-likeness (QED) is 0.118. The average Bonchev–Trinajstić information content (AvgIpc) is 2.31. The Bertz CT molecular complexity index is 1140. The van der Waals surface area contributed by atoms with Crippen LogP contribution in [0.1, 0.15) is 0 Å². The van der Waals surface area contributed by atoms with Crippen molar-refractivity contribution < 1.29 is 78.9 Å². The lowest BCUT2D eigenvalue weighted by atomic mass is 10.8. The fraction of sp³-hybridized carbons (Fsp3) is 1.00. The van der Waals surface area contributed by atoms with Gasteiger partial charge in [0.1, 0.15) is 0 Å². The summed E-state index contributed by atoms with van der Waals surface area (Å²) in [5.74, 6) is 0. The average molecular weight is 539 g/mol. The highest BCUT2D eigenvalue weighted by atomic mass is 33.2. The smallest absolute Gasteiger partial charge is 0.294 e. The summed E-state index contributed by atoms with van der Waals surface area (Å²) >= 11 is 0. The number of hydrogen-bond acceptors (Lipinski definition) is 14. The second-order valence-corrected chi connectivity index (χ2v) is 17.0. The molecule has 0 saturated carbocycles. The highest BCUT2D eigenvalue weighted by Crippen LogP contribution is 2.29. The van der Waals surface area contributed by atoms with E-state index in [1.165, 1.54) is 0 Å². The Morgan fingerprint density at radius 2 is 0.571 bits per heavy atom. The first-order valence-corrected chi connectivity index (χ1v) is 15.1. The first-order valence-electron chi connectivity index (χ1n) is 5.49. The summed E-state index contributed by atoms with van der Waals surface area (Å²) in [6, 6.07) is 0. The van der Waals surface area contributed by atoms with Crippen molar-refractivity contribution in [2.45, 2.75) is 20.0 Å². The Kier molecular flexibility index (Phi) is 7.47. The van der Waals surface area contributed by atoms with Crippen molar-refractivity contribution in [2.24, 2.45) is 0 Å². The fourth-order valence-electron chi connectivity index (χ4n) is 1.42. The van der Waals surface area contributed by atoms with Gasteiger partial charge in [-0.2, -0.15) is 33.7 Å². The zero-order chi connectivity index (χ0) is 23.3. The minimum atomic E-state index is -7.16. The highest BCUT2D eigenvalue weighted by molar-refractivity contribution is 8.70. The van der Waals surface area contributed by atoms with Gasteiger partial charge in [-0.1, -0.05) is 0 Å². The van der Waals surface area contributed by atoms with Crippen LogP contribution in [0, 0.1) is 0 Å². The molecule has 0 spiro atoms. The molecular weight excluding hydrogens is 528 g/mol. The molecule has 24 heteroatoms. The van der Waals surface area contributed by atoms with Crippen molar-refractivity contribution in [3.8, 4) is 0 Å². The maximum Gasteiger partial charge on any atom is 0.294 e. The third-order valence-corrected chi connectivity index (χ3v) is 15.9. The Morgan fingerprint density at radius 1 is 0.393 bits per heavy atom. The molecule has 0 heterocycles. The second-order valence-electron chi connectivity index (χ2n) is 4.56. The summed E-state index contributed by atoms with van der Waals surface area (Å²) in [6.07, 6.45) is 0. The maximum absolute atomic E-state index is 12.0. The van der Waals surface area contributed by atoms with Crippen LogP contribution in [0.25, 0.3) is 0 Å². The molecule has 0 aliphatic carbocycles. The van der Waals surface area contributed by atoms with Crippen LogP contribution in [0.15, 0.2) is 0 Å². The molecule has 0 radical (unpaired) electrons. The van der Waals surface area contributed by atoms with Gasteiger partial charge in [-0.25, -0.2) is 16.8 Å². The molecule has 28 heavy (non-hydrogen) atoms. The van der Waals surface area contributed by atoms with E-state index in [1.54, 1.807) is 0 Å². The van der Waals surface area contributed by atoms with E-state index >= 15 is 0 Å². The minimum Gasteiger partial charge on any atom is -0.373 e. The third kappa shape index (κ3) is 5.53. The van der Waals surface area contributed by atoms with Gasteiger partial charge in [0.05, 0.1) is 0 Å². The van der Waals surface area contributed by atoms with Gasteiger partial charge >= 0.3 is 0 Å². The zero-order valence-electron chi connectivity index (χ0n) is 12.3. The van der Waals surface area contributed by atoms with Crippen molar-refractivity contribution in [2.75, 3.05) is 0 Å². The van der Waals surface area contributed by atoms with E-state index in [0.29, 0.717) is 0 Å². The Morgan fingerprint density at radius 3 is 0.679 bits per heavy atom. The van der Waals surface area contributed by atoms with Gasteiger partial charge in [0.25, 0.3) is 58.2 Å². The van der Waals surface area contributed by atoms with Crippen molar-refractivity contribution in [3.63, 3.8) is 0 Å². The molecule has 4 unspecified atom stereocenters. The van der Waals surface area contributed by atoms with Crippen LogP contribution < -0.4 is 0 Å². The van der Waals surface area contributed by atoms with Gasteiger partial charge in [0.15, 0.2) is 0 Å². The molecule has 0 aliphatic rings. The largest absolute Gasteiger partial charge is 0.373 e. The summed E-state index contributed by atoms with van der Waals surface area (Å²) < 4.78 is 161. The molecule has 0 saturated heterocycles. The maximum atomic E-state index is 12.0. The van der Waals surface area contributed by atoms with E-state index in [1.807, 2.05) is 0 Å². The standard InChI is InChI=1S/C4H10O18S6/c5-1(23(7,8)9)3(25(13,14)15)27(19,20)28(21,22)4(26(16,17)18)2(6)24(10,11)12/h1-6H,(H,7,8,9)(H,10,11,12)(H,13,14,15)(H,16,17,18). The second kappa shape index (κ2) is 7.61. The minimum absolute atomic E-state index is 4.20. The molecule has 6 N–H and O–H groups in total. The molecule has 170 valence electrons. The van der Waals surface area contributed by atoms with E-state index in [0.717, 1.165) is 0 Å². The highest BCUT2D eigenvalue weighted by Gasteiger charge is 2.61. The summed E-state index contributed by atoms with van der Waals surface area (Å²) in [7, 11) is -39.8. The van der Waals surface area contributed by atoms with Crippen LogP contribution in [-0.2, 0) is 58.2 Å². The summed E-state index contributed by atoms with van der Waals surface area (Å²) in [5, 5.41) is 18.2. The van der Waals surface area contributed by atoms with E-state index in [4.69, 9.17) is 28.4 Å². The Hall–Kier alpha value is -0.540. The molecule has 4 atom stereocenters. The summed E-state index contributed by atoms with van der Waals surface area (Å²) in [5.41, 5.74) is -8.40. The molecular formula is C4H10O18S6. The molecule has 0 aromatic heterocycles. The van der Waals surface area contributed by atoms with Crippen molar-refractivity contribution >= 4 is 58.2 Å². The van der Waals surface area contributed by atoms with Crippen molar-refractivity contribution in [3.05, 3.63) is 0 Å². The molecule has 0 bridgehead atoms. The number of hydrogen-bond donors (Lipinski definition) is 6. The van der Waals surface area contributed by atoms with Crippen LogP contribution in [0.3, 0.4) is 0 Å². The van der Waals surface area contributed by atoms with Gasteiger partial charge in [0, 0.05) is 0 Å². The van der Waals surface area contributed by atoms with E-state index in [2.05, 4.69) is 0 Å². The van der Waals surface area contributed by atoms with Crippen LogP contribution in [0.2, 0.25) is 0 Å². The van der Waals surface area contributed by atoms with Crippen LogP contribution >= 0.6 is 0 Å². The lowest BCUT2D eigenvalue weighted by Crippen LogP contribution is -2.53. The van der Waals surface area contributed by atoms with Gasteiger partial charge in [-0.15, -0.1) is 0 Å². The first kappa shape index (κ1) is 27.5. The van der Waals surface area contributed by atoms with Crippen LogP contribution in [0.5, 0.6) is 0 Å². The first-order chi connectivity index (χ1) is 11.8. The lowest BCUT2D eigenvalue weighted by Gasteiger charge is -2.22. The Labute approximate surface area is 157 Å². The molecule has 0 aliphatic heterocycles. The molecule has 0 aromatic carbocycles. The zero-order valence-corrected chi connectivity index (χ0v) is 17.2. The predicted molar refractivity (Wildman–Crippen MR) is 83.6 cm³/mol. The molecule has 0 fully saturated rings. The monoisotopic (exact) mass is 538 g/mol. The van der Waals surface area contributed by atoms with E-state index in [-0.39, 0.29) is 0 Å². The molecule has 18 nitrogen and oxygen atoms in total. The lowest BCUT2D eigenvalue weighted by molar-refractivity contribution is 0.238. The fourth-order valence-corrected chi connectivity index (χ4v) is 15.9. The van der Waals surface area contributed by atoms with Gasteiger partial charge < -0.3 is 10.2 Å². The van der Waals surface area contributed by atoms with Gasteiger partial charge in [-0.3, -0.25) is 18.2 Å². The van der Waals surface area contributed by atoms with Gasteiger partial charge in [-0.05, 0) is 0 Å². The normalized spacial score (nSPS) is 19.5. The van der Waals surface area contributed by atoms with Gasteiger partial charge in [0.2, 0.25) is 20.0 Å². The van der Waals surface area contributed by atoms with E-state index < -0.39 is 78.2 Å². The van der Waals surface area contributed by atoms with Crippen LogP contribution in [0.4, 0.5) is 0 Å². The van der Waals surface area contributed by atoms with Crippen molar-refractivity contribution in [1.82, 2.24) is 0 Å². The topological polar surface area (TPSA) is 326 Å². The summed E-state index contributed by atoms with van der Waals surface area (Å²) in [4.78, 5) is 0. The third-order valence-electron chi connectivity index (χ3n) is 2.56. The SMILES string of the molecule is O=S(=O)(O)C(O)C(S(=O)(=O)O)S(=O)(=O)S(=O)(=O)C(C(O)S(=O)(=O)O)S(=O)(=O)O. The van der Waals surface area contributed by atoms with Crippen molar-refractivity contribution in [1.29, 1.82) is 0 Å². The number of rotatable bonds is 9. The molecule has 0 rings (SSSR count).